The van der Waals surface area contributed by atoms with Crippen LogP contribution in [-0.2, 0) is 5.54 Å². The summed E-state index contributed by atoms with van der Waals surface area (Å²) in [6.07, 6.45) is 3.44. The quantitative estimate of drug-likeness (QED) is 0.811. The number of benzene rings is 1. The van der Waals surface area contributed by atoms with Crippen molar-refractivity contribution < 1.29 is 4.74 Å². The Hall–Kier alpha value is -0.670. The van der Waals surface area contributed by atoms with Gasteiger partial charge in [0.2, 0.25) is 0 Å². The number of hydrogen-bond acceptors (Lipinski definition) is 3. The lowest BCUT2D eigenvalue weighted by atomic mass is 9.73. The van der Waals surface area contributed by atoms with Gasteiger partial charge in [0.25, 0.3) is 0 Å². The number of thioether (sulfide) groups is 1. The van der Waals surface area contributed by atoms with Crippen LogP contribution >= 0.6 is 11.8 Å². The van der Waals surface area contributed by atoms with E-state index in [0.29, 0.717) is 0 Å². The maximum absolute atomic E-state index is 6.32. The smallest absolute Gasteiger partial charge is 0.153 e. The summed E-state index contributed by atoms with van der Waals surface area (Å²) in [5.74, 6) is 1.00. The van der Waals surface area contributed by atoms with Gasteiger partial charge < -0.3 is 10.5 Å². The molecule has 86 valence electrons. The van der Waals surface area contributed by atoms with Gasteiger partial charge in [-0.15, -0.1) is 0 Å². The molecule has 0 bridgehead atoms. The Balaban J connectivity index is 1.96. The fraction of sp³-hybridized carbons (Fsp3) is 0.538. The molecule has 0 aromatic heterocycles. The molecule has 1 aromatic carbocycles. The van der Waals surface area contributed by atoms with Gasteiger partial charge in [-0.25, -0.2) is 0 Å². The van der Waals surface area contributed by atoms with Crippen LogP contribution in [0.5, 0.6) is 5.75 Å². The van der Waals surface area contributed by atoms with E-state index >= 15 is 0 Å². The summed E-state index contributed by atoms with van der Waals surface area (Å²) in [7, 11) is 0. The Bertz CT molecular complexity index is 438. The van der Waals surface area contributed by atoms with Gasteiger partial charge in [0.1, 0.15) is 5.75 Å². The summed E-state index contributed by atoms with van der Waals surface area (Å²) < 4.78 is 5.91. The number of rotatable bonds is 1. The SMILES string of the molecule is CC1(C)Oc2cc(C3(N)CCC3)ccc2S1. The first-order valence-corrected chi connectivity index (χ1v) is 6.62. The number of nitrogens with two attached hydrogens (primary N) is 1. The molecule has 2 aliphatic rings. The van der Waals surface area contributed by atoms with E-state index in [9.17, 15) is 0 Å². The van der Waals surface area contributed by atoms with Crippen LogP contribution in [0.4, 0.5) is 0 Å². The maximum Gasteiger partial charge on any atom is 0.153 e. The van der Waals surface area contributed by atoms with Crippen LogP contribution in [-0.4, -0.2) is 4.93 Å². The molecule has 3 heteroatoms. The molecule has 1 heterocycles. The highest BCUT2D eigenvalue weighted by atomic mass is 32.2. The lowest BCUT2D eigenvalue weighted by Crippen LogP contribution is -2.43. The first-order valence-electron chi connectivity index (χ1n) is 5.80. The Kier molecular flexibility index (Phi) is 2.08. The molecule has 2 N–H and O–H groups in total. The lowest BCUT2D eigenvalue weighted by molar-refractivity contribution is 0.212. The van der Waals surface area contributed by atoms with Gasteiger partial charge in [0, 0.05) is 5.54 Å². The summed E-state index contributed by atoms with van der Waals surface area (Å²) in [6.45, 7) is 4.19. The van der Waals surface area contributed by atoms with Crippen molar-refractivity contribution in [1.29, 1.82) is 0 Å². The molecule has 1 saturated carbocycles. The van der Waals surface area contributed by atoms with Gasteiger partial charge in [-0.2, -0.15) is 0 Å². The van der Waals surface area contributed by atoms with Crippen molar-refractivity contribution in [1.82, 2.24) is 0 Å². The van der Waals surface area contributed by atoms with Gasteiger partial charge in [-0.05, 0) is 50.8 Å². The van der Waals surface area contributed by atoms with Crippen LogP contribution < -0.4 is 10.5 Å². The molecule has 1 fully saturated rings. The van der Waals surface area contributed by atoms with Crippen LogP contribution in [0.3, 0.4) is 0 Å². The fourth-order valence-corrected chi connectivity index (χ4v) is 3.38. The van der Waals surface area contributed by atoms with E-state index in [2.05, 4.69) is 32.0 Å². The number of ether oxygens (including phenoxy) is 1. The maximum atomic E-state index is 6.32. The highest BCUT2D eigenvalue weighted by molar-refractivity contribution is 8.00. The Labute approximate surface area is 101 Å². The van der Waals surface area contributed by atoms with Crippen LogP contribution in [0.15, 0.2) is 23.1 Å². The topological polar surface area (TPSA) is 35.2 Å². The molecule has 3 rings (SSSR count). The molecule has 16 heavy (non-hydrogen) atoms. The number of fused-ring (bicyclic) bond motifs is 1. The second-order valence-corrected chi connectivity index (χ2v) is 6.90. The Morgan fingerprint density at radius 3 is 2.69 bits per heavy atom. The molecule has 1 aliphatic heterocycles. The summed E-state index contributed by atoms with van der Waals surface area (Å²) in [5, 5.41) is 0. The monoisotopic (exact) mass is 235 g/mol. The molecular formula is C13H17NOS. The molecule has 2 nitrogen and oxygen atoms in total. The third-order valence-electron chi connectivity index (χ3n) is 3.48. The number of hydrogen-bond donors (Lipinski definition) is 1. The van der Waals surface area contributed by atoms with Gasteiger partial charge in [-0.1, -0.05) is 17.8 Å². The zero-order valence-corrected chi connectivity index (χ0v) is 10.6. The average molecular weight is 235 g/mol. The molecular weight excluding hydrogens is 218 g/mol. The van der Waals surface area contributed by atoms with Crippen LogP contribution in [0.1, 0.15) is 38.7 Å². The molecule has 0 amide bonds. The van der Waals surface area contributed by atoms with E-state index in [0.717, 1.165) is 18.6 Å². The fourth-order valence-electron chi connectivity index (χ4n) is 2.38. The van der Waals surface area contributed by atoms with Gasteiger partial charge >= 0.3 is 0 Å². The summed E-state index contributed by atoms with van der Waals surface area (Å²) >= 11 is 1.78. The zero-order valence-electron chi connectivity index (χ0n) is 9.75. The second kappa shape index (κ2) is 3.17. The summed E-state index contributed by atoms with van der Waals surface area (Å²) in [4.78, 5) is 1.10. The third-order valence-corrected chi connectivity index (χ3v) is 4.61. The molecule has 0 unspecified atom stereocenters. The summed E-state index contributed by atoms with van der Waals surface area (Å²) in [5.41, 5.74) is 7.47. The van der Waals surface area contributed by atoms with Gasteiger partial charge in [0.05, 0.1) is 4.90 Å². The van der Waals surface area contributed by atoms with Crippen molar-refractivity contribution in [3.63, 3.8) is 0 Å². The summed E-state index contributed by atoms with van der Waals surface area (Å²) in [6, 6.07) is 6.45. The second-order valence-electron chi connectivity index (χ2n) is 5.28. The van der Waals surface area contributed by atoms with Crippen molar-refractivity contribution in [3.05, 3.63) is 23.8 Å². The Morgan fingerprint density at radius 1 is 1.31 bits per heavy atom. The minimum atomic E-state index is -0.137. The molecule has 1 aliphatic carbocycles. The molecule has 0 radical (unpaired) electrons. The van der Waals surface area contributed by atoms with Gasteiger partial charge in [0.15, 0.2) is 4.93 Å². The predicted octanol–water partition coefficient (Wildman–Crippen LogP) is 3.25. The predicted molar refractivity (Wildman–Crippen MR) is 66.7 cm³/mol. The molecule has 0 atom stereocenters. The molecule has 0 saturated heterocycles. The van der Waals surface area contributed by atoms with Gasteiger partial charge in [-0.3, -0.25) is 0 Å². The largest absolute Gasteiger partial charge is 0.476 e. The van der Waals surface area contributed by atoms with Crippen molar-refractivity contribution in [3.8, 4) is 5.75 Å². The van der Waals surface area contributed by atoms with Crippen molar-refractivity contribution >= 4 is 11.8 Å². The molecule has 1 aromatic rings. The van der Waals surface area contributed by atoms with Crippen molar-refractivity contribution in [2.24, 2.45) is 5.73 Å². The van der Waals surface area contributed by atoms with Crippen LogP contribution in [0.2, 0.25) is 0 Å². The highest BCUT2D eigenvalue weighted by Crippen LogP contribution is 2.49. The van der Waals surface area contributed by atoms with Crippen molar-refractivity contribution in [2.45, 2.75) is 48.5 Å². The van der Waals surface area contributed by atoms with Crippen LogP contribution in [0, 0.1) is 0 Å². The molecule has 0 spiro atoms. The van der Waals surface area contributed by atoms with E-state index in [1.54, 1.807) is 11.8 Å². The Morgan fingerprint density at radius 2 is 2.06 bits per heavy atom. The van der Waals surface area contributed by atoms with E-state index in [1.807, 2.05) is 0 Å². The minimum Gasteiger partial charge on any atom is -0.476 e. The zero-order chi connectivity index (χ0) is 11.4. The van der Waals surface area contributed by atoms with E-state index in [-0.39, 0.29) is 10.5 Å². The lowest BCUT2D eigenvalue weighted by Gasteiger charge is -2.38. The van der Waals surface area contributed by atoms with Crippen LogP contribution in [0.25, 0.3) is 0 Å². The van der Waals surface area contributed by atoms with Crippen molar-refractivity contribution in [2.75, 3.05) is 0 Å². The highest BCUT2D eigenvalue weighted by Gasteiger charge is 2.37. The first-order chi connectivity index (χ1) is 7.49. The minimum absolute atomic E-state index is 0.0875. The van der Waals surface area contributed by atoms with E-state index in [4.69, 9.17) is 10.5 Å². The standard InChI is InChI=1S/C13H17NOS/c1-12(2)15-10-8-9(4-5-11(10)16-12)13(14)6-3-7-13/h4-5,8H,3,6-7,14H2,1-2H3. The van der Waals surface area contributed by atoms with E-state index < -0.39 is 0 Å². The van der Waals surface area contributed by atoms with E-state index in [1.165, 1.54) is 16.9 Å². The first kappa shape index (κ1) is 10.5. The normalized spacial score (nSPS) is 24.4. The third kappa shape index (κ3) is 1.54. The average Bonchev–Trinajstić information content (AvgIpc) is 2.46.